The molecule has 2 aromatic rings. The first-order valence-corrected chi connectivity index (χ1v) is 7.09. The summed E-state index contributed by atoms with van der Waals surface area (Å²) in [5.74, 6) is 0.806. The number of pyridine rings is 1. The van der Waals surface area contributed by atoms with Gasteiger partial charge in [0.2, 0.25) is 0 Å². The average molecular weight is 308 g/mol. The maximum Gasteiger partial charge on any atom is 0.254 e. The van der Waals surface area contributed by atoms with Crippen LogP contribution in [0.4, 0.5) is 0 Å². The van der Waals surface area contributed by atoms with Crippen LogP contribution in [0.5, 0.6) is 0 Å². The largest absolute Gasteiger partial charge is 0.361 e. The van der Waals surface area contributed by atoms with Crippen LogP contribution in [-0.4, -0.2) is 28.0 Å². The Morgan fingerprint density at radius 2 is 2.10 bits per heavy atom. The van der Waals surface area contributed by atoms with Crippen molar-refractivity contribution in [2.45, 2.75) is 33.2 Å². The summed E-state index contributed by atoms with van der Waals surface area (Å²) in [6.45, 7) is 6.21. The summed E-state index contributed by atoms with van der Waals surface area (Å²) in [6.07, 6.45) is 0. The Morgan fingerprint density at radius 3 is 2.67 bits per heavy atom. The first-order valence-electron chi connectivity index (χ1n) is 6.72. The van der Waals surface area contributed by atoms with Crippen LogP contribution in [0, 0.1) is 6.92 Å². The monoisotopic (exact) mass is 307 g/mol. The van der Waals surface area contributed by atoms with Gasteiger partial charge in [-0.1, -0.05) is 30.6 Å². The molecule has 2 heterocycles. The van der Waals surface area contributed by atoms with Crippen molar-refractivity contribution in [2.24, 2.45) is 0 Å². The van der Waals surface area contributed by atoms with Gasteiger partial charge in [-0.2, -0.15) is 0 Å². The van der Waals surface area contributed by atoms with Crippen molar-refractivity contribution < 1.29 is 9.32 Å². The first-order chi connectivity index (χ1) is 9.86. The fourth-order valence-corrected chi connectivity index (χ4v) is 2.18. The van der Waals surface area contributed by atoms with E-state index >= 15 is 0 Å². The number of hydrogen-bond acceptors (Lipinski definition) is 4. The molecule has 0 fully saturated rings. The molecule has 0 radical (unpaired) electrons. The lowest BCUT2D eigenvalue weighted by Gasteiger charge is -2.16. The van der Waals surface area contributed by atoms with Gasteiger partial charge in [-0.05, 0) is 25.0 Å². The van der Waals surface area contributed by atoms with E-state index in [2.05, 4.69) is 10.1 Å². The predicted octanol–water partition coefficient (Wildman–Crippen LogP) is 3.43. The van der Waals surface area contributed by atoms with E-state index in [0.717, 1.165) is 11.5 Å². The van der Waals surface area contributed by atoms with Crippen LogP contribution in [0.15, 0.2) is 22.7 Å². The molecule has 2 aromatic heterocycles. The third-order valence-corrected chi connectivity index (χ3v) is 3.27. The van der Waals surface area contributed by atoms with Crippen molar-refractivity contribution in [1.29, 1.82) is 0 Å². The SMILES string of the molecule is Cc1cc(CN(C)C(=O)c2cc(Cl)nc(C(C)C)c2)no1. The molecule has 0 saturated heterocycles. The lowest BCUT2D eigenvalue weighted by Crippen LogP contribution is -2.26. The number of halogens is 1. The highest BCUT2D eigenvalue weighted by Crippen LogP contribution is 2.19. The van der Waals surface area contributed by atoms with Crippen molar-refractivity contribution in [3.05, 3.63) is 46.1 Å². The minimum Gasteiger partial charge on any atom is -0.361 e. The minimum atomic E-state index is -0.123. The van der Waals surface area contributed by atoms with Crippen LogP contribution in [0.3, 0.4) is 0 Å². The minimum absolute atomic E-state index is 0.123. The highest BCUT2D eigenvalue weighted by Gasteiger charge is 2.16. The van der Waals surface area contributed by atoms with E-state index < -0.39 is 0 Å². The van der Waals surface area contributed by atoms with E-state index in [0.29, 0.717) is 23.0 Å². The van der Waals surface area contributed by atoms with E-state index in [-0.39, 0.29) is 11.8 Å². The number of carbonyl (C=O) groups excluding carboxylic acids is 1. The number of carbonyl (C=O) groups is 1. The lowest BCUT2D eigenvalue weighted by atomic mass is 10.1. The van der Waals surface area contributed by atoms with Gasteiger partial charge < -0.3 is 9.42 Å². The van der Waals surface area contributed by atoms with Gasteiger partial charge in [0.15, 0.2) is 0 Å². The van der Waals surface area contributed by atoms with Gasteiger partial charge in [-0.3, -0.25) is 4.79 Å². The Bertz CT molecular complexity index is 652. The fourth-order valence-electron chi connectivity index (χ4n) is 1.96. The Morgan fingerprint density at radius 1 is 1.38 bits per heavy atom. The van der Waals surface area contributed by atoms with Gasteiger partial charge in [0, 0.05) is 24.4 Å². The van der Waals surface area contributed by atoms with E-state index in [4.69, 9.17) is 16.1 Å². The molecule has 21 heavy (non-hydrogen) atoms. The van der Waals surface area contributed by atoms with E-state index in [1.165, 1.54) is 0 Å². The molecule has 0 aliphatic carbocycles. The molecule has 0 spiro atoms. The summed E-state index contributed by atoms with van der Waals surface area (Å²) in [7, 11) is 1.72. The quantitative estimate of drug-likeness (QED) is 0.812. The summed E-state index contributed by atoms with van der Waals surface area (Å²) < 4.78 is 5.00. The molecule has 0 aromatic carbocycles. The number of amides is 1. The summed E-state index contributed by atoms with van der Waals surface area (Å²) in [5.41, 5.74) is 2.05. The maximum atomic E-state index is 12.5. The van der Waals surface area contributed by atoms with Crippen LogP contribution in [0.25, 0.3) is 0 Å². The molecule has 6 heteroatoms. The molecule has 1 amide bonds. The second kappa shape index (κ2) is 6.26. The number of hydrogen-bond donors (Lipinski definition) is 0. The molecule has 2 rings (SSSR count). The van der Waals surface area contributed by atoms with E-state index in [1.807, 2.05) is 26.8 Å². The predicted molar refractivity (Wildman–Crippen MR) is 80.4 cm³/mol. The fraction of sp³-hybridized carbons (Fsp3) is 0.400. The van der Waals surface area contributed by atoms with Crippen LogP contribution >= 0.6 is 11.6 Å². The van der Waals surface area contributed by atoms with Crippen LogP contribution < -0.4 is 0 Å². The number of rotatable bonds is 4. The zero-order chi connectivity index (χ0) is 15.6. The van der Waals surface area contributed by atoms with E-state index in [9.17, 15) is 4.79 Å². The third kappa shape index (κ3) is 3.82. The average Bonchev–Trinajstić information content (AvgIpc) is 2.82. The molecule has 0 unspecified atom stereocenters. The summed E-state index contributed by atoms with van der Waals surface area (Å²) in [4.78, 5) is 18.3. The van der Waals surface area contributed by atoms with Gasteiger partial charge in [-0.15, -0.1) is 0 Å². The van der Waals surface area contributed by atoms with Crippen molar-refractivity contribution in [2.75, 3.05) is 7.05 Å². The highest BCUT2D eigenvalue weighted by molar-refractivity contribution is 6.29. The van der Waals surface area contributed by atoms with E-state index in [1.54, 1.807) is 24.1 Å². The summed E-state index contributed by atoms with van der Waals surface area (Å²) in [5, 5.41) is 4.22. The number of aromatic nitrogens is 2. The highest BCUT2D eigenvalue weighted by atomic mass is 35.5. The first kappa shape index (κ1) is 15.5. The van der Waals surface area contributed by atoms with Gasteiger partial charge in [0.1, 0.15) is 16.6 Å². The molecule has 0 atom stereocenters. The third-order valence-electron chi connectivity index (χ3n) is 3.08. The number of nitrogens with zero attached hydrogens (tertiary/aromatic N) is 3. The van der Waals surface area contributed by atoms with Crippen LogP contribution in [0.2, 0.25) is 5.15 Å². The Labute approximate surface area is 128 Å². The van der Waals surface area contributed by atoms with Crippen LogP contribution in [0.1, 0.15) is 47.3 Å². The van der Waals surface area contributed by atoms with Gasteiger partial charge >= 0.3 is 0 Å². The summed E-state index contributed by atoms with van der Waals surface area (Å²) in [6, 6.07) is 5.17. The molecule has 112 valence electrons. The molecule has 0 saturated carbocycles. The molecule has 5 nitrogen and oxygen atoms in total. The molecule has 0 N–H and O–H groups in total. The van der Waals surface area contributed by atoms with Gasteiger partial charge in [0.25, 0.3) is 5.91 Å². The molecular weight excluding hydrogens is 290 g/mol. The summed E-state index contributed by atoms with van der Waals surface area (Å²) >= 11 is 6.00. The number of aryl methyl sites for hydroxylation is 1. The van der Waals surface area contributed by atoms with Gasteiger partial charge in [-0.25, -0.2) is 4.98 Å². The maximum absolute atomic E-state index is 12.5. The normalized spacial score (nSPS) is 11.0. The van der Waals surface area contributed by atoms with Crippen molar-refractivity contribution in [3.63, 3.8) is 0 Å². The molecule has 0 bridgehead atoms. The molecule has 0 aliphatic rings. The smallest absolute Gasteiger partial charge is 0.254 e. The Hall–Kier alpha value is -1.88. The lowest BCUT2D eigenvalue weighted by molar-refractivity contribution is 0.0782. The second-order valence-corrected chi connectivity index (χ2v) is 5.74. The zero-order valence-electron chi connectivity index (χ0n) is 12.6. The van der Waals surface area contributed by atoms with Crippen molar-refractivity contribution in [3.8, 4) is 0 Å². The van der Waals surface area contributed by atoms with Crippen molar-refractivity contribution in [1.82, 2.24) is 15.0 Å². The standard InChI is InChI=1S/C15H18ClN3O2/c1-9(2)13-6-11(7-14(16)17-13)15(20)19(4)8-12-5-10(3)21-18-12/h5-7,9H,8H2,1-4H3. The van der Waals surface area contributed by atoms with Crippen molar-refractivity contribution >= 4 is 17.5 Å². The second-order valence-electron chi connectivity index (χ2n) is 5.35. The topological polar surface area (TPSA) is 59.2 Å². The molecular formula is C15H18ClN3O2. The Kier molecular flexibility index (Phi) is 4.63. The van der Waals surface area contributed by atoms with Crippen LogP contribution in [-0.2, 0) is 6.54 Å². The van der Waals surface area contributed by atoms with Gasteiger partial charge in [0.05, 0.1) is 6.54 Å². The molecule has 0 aliphatic heterocycles. The zero-order valence-corrected chi connectivity index (χ0v) is 13.3. The Balaban J connectivity index is 2.19.